The van der Waals surface area contributed by atoms with Crippen molar-refractivity contribution in [3.8, 4) is 5.75 Å². The van der Waals surface area contributed by atoms with Crippen molar-refractivity contribution in [3.63, 3.8) is 0 Å². The Morgan fingerprint density at radius 2 is 1.71 bits per heavy atom. The first-order valence-electron chi connectivity index (χ1n) is 6.40. The molecule has 1 nitrogen and oxygen atoms in total. The van der Waals surface area contributed by atoms with Crippen LogP contribution in [0.5, 0.6) is 5.75 Å². The van der Waals surface area contributed by atoms with Crippen LogP contribution in [0.15, 0.2) is 36.4 Å². The SMILES string of the molecule is CCCCCc1ccc2cc(OC)ccc2c1. The average molecular weight is 228 g/mol. The Bertz CT molecular complexity index is 488. The summed E-state index contributed by atoms with van der Waals surface area (Å²) in [5.74, 6) is 0.927. The Hall–Kier alpha value is -1.50. The van der Waals surface area contributed by atoms with Crippen LogP contribution >= 0.6 is 0 Å². The first kappa shape index (κ1) is 12.0. The predicted octanol–water partition coefficient (Wildman–Crippen LogP) is 4.58. The second kappa shape index (κ2) is 5.72. The van der Waals surface area contributed by atoms with Crippen LogP contribution in [-0.2, 0) is 6.42 Å². The van der Waals surface area contributed by atoms with Gasteiger partial charge in [-0.3, -0.25) is 0 Å². The molecular formula is C16H20O. The largest absolute Gasteiger partial charge is 0.497 e. The number of aryl methyl sites for hydroxylation is 1. The van der Waals surface area contributed by atoms with Crippen LogP contribution < -0.4 is 4.74 Å². The monoisotopic (exact) mass is 228 g/mol. The van der Waals surface area contributed by atoms with Crippen molar-refractivity contribution in [2.75, 3.05) is 7.11 Å². The maximum absolute atomic E-state index is 5.23. The first-order chi connectivity index (χ1) is 8.33. The third-order valence-corrected chi connectivity index (χ3v) is 3.18. The fraction of sp³-hybridized carbons (Fsp3) is 0.375. The number of benzene rings is 2. The van der Waals surface area contributed by atoms with Crippen molar-refractivity contribution in [2.24, 2.45) is 0 Å². The van der Waals surface area contributed by atoms with E-state index in [2.05, 4.69) is 37.3 Å². The standard InChI is InChI=1S/C16H20O/c1-3-4-5-6-13-7-8-15-12-16(17-2)10-9-14(15)11-13/h7-12H,3-6H2,1-2H3. The van der Waals surface area contributed by atoms with Crippen molar-refractivity contribution >= 4 is 10.8 Å². The number of hydrogen-bond donors (Lipinski definition) is 0. The fourth-order valence-corrected chi connectivity index (χ4v) is 2.13. The summed E-state index contributed by atoms with van der Waals surface area (Å²) in [6.45, 7) is 2.24. The Morgan fingerprint density at radius 3 is 2.47 bits per heavy atom. The Balaban J connectivity index is 2.19. The molecule has 17 heavy (non-hydrogen) atoms. The molecule has 90 valence electrons. The Morgan fingerprint density at radius 1 is 0.941 bits per heavy atom. The molecule has 0 spiro atoms. The summed E-state index contributed by atoms with van der Waals surface area (Å²) in [4.78, 5) is 0. The zero-order valence-corrected chi connectivity index (χ0v) is 10.7. The van der Waals surface area contributed by atoms with Gasteiger partial charge in [0.15, 0.2) is 0 Å². The predicted molar refractivity (Wildman–Crippen MR) is 73.7 cm³/mol. The third-order valence-electron chi connectivity index (χ3n) is 3.18. The Kier molecular flexibility index (Phi) is 4.03. The molecule has 0 aliphatic heterocycles. The fourth-order valence-electron chi connectivity index (χ4n) is 2.13. The van der Waals surface area contributed by atoms with E-state index in [0.29, 0.717) is 0 Å². The minimum Gasteiger partial charge on any atom is -0.497 e. The van der Waals surface area contributed by atoms with E-state index in [1.807, 2.05) is 6.07 Å². The van der Waals surface area contributed by atoms with Gasteiger partial charge >= 0.3 is 0 Å². The van der Waals surface area contributed by atoms with Crippen LogP contribution in [0.2, 0.25) is 0 Å². The number of unbranched alkanes of at least 4 members (excludes halogenated alkanes) is 2. The third kappa shape index (κ3) is 3.00. The van der Waals surface area contributed by atoms with E-state index in [1.54, 1.807) is 7.11 Å². The molecule has 0 saturated carbocycles. The molecule has 2 aromatic carbocycles. The molecule has 0 saturated heterocycles. The van der Waals surface area contributed by atoms with Crippen LogP contribution in [0.25, 0.3) is 10.8 Å². The summed E-state index contributed by atoms with van der Waals surface area (Å²) in [6, 6.07) is 13.0. The van der Waals surface area contributed by atoms with Gasteiger partial charge in [0.1, 0.15) is 5.75 Å². The number of fused-ring (bicyclic) bond motifs is 1. The molecule has 0 bridgehead atoms. The van der Waals surface area contributed by atoms with E-state index < -0.39 is 0 Å². The molecule has 0 atom stereocenters. The van der Waals surface area contributed by atoms with Gasteiger partial charge in [-0.25, -0.2) is 0 Å². The molecule has 1 heteroatoms. The topological polar surface area (TPSA) is 9.23 Å². The number of methoxy groups -OCH3 is 1. The van der Waals surface area contributed by atoms with Crippen molar-refractivity contribution in [1.82, 2.24) is 0 Å². The molecule has 0 amide bonds. The first-order valence-corrected chi connectivity index (χ1v) is 6.40. The lowest BCUT2D eigenvalue weighted by Crippen LogP contribution is -1.87. The van der Waals surface area contributed by atoms with E-state index >= 15 is 0 Å². The summed E-state index contributed by atoms with van der Waals surface area (Å²) < 4.78 is 5.23. The minimum absolute atomic E-state index is 0.927. The van der Waals surface area contributed by atoms with E-state index in [1.165, 1.54) is 42.0 Å². The molecule has 2 rings (SSSR count). The zero-order chi connectivity index (χ0) is 12.1. The molecule has 0 heterocycles. The van der Waals surface area contributed by atoms with Gasteiger partial charge in [-0.05, 0) is 41.3 Å². The minimum atomic E-state index is 0.927. The maximum Gasteiger partial charge on any atom is 0.119 e. The Labute approximate surface area is 103 Å². The molecule has 0 aliphatic rings. The van der Waals surface area contributed by atoms with E-state index in [0.717, 1.165) is 5.75 Å². The van der Waals surface area contributed by atoms with Crippen LogP contribution in [0.4, 0.5) is 0 Å². The average Bonchev–Trinajstić information content (AvgIpc) is 2.38. The quantitative estimate of drug-likeness (QED) is 0.680. The van der Waals surface area contributed by atoms with Crippen LogP contribution in [0.3, 0.4) is 0 Å². The van der Waals surface area contributed by atoms with Crippen LogP contribution in [0.1, 0.15) is 31.7 Å². The van der Waals surface area contributed by atoms with Crippen molar-refractivity contribution < 1.29 is 4.74 Å². The zero-order valence-electron chi connectivity index (χ0n) is 10.7. The number of rotatable bonds is 5. The number of ether oxygens (including phenoxy) is 1. The van der Waals surface area contributed by atoms with Gasteiger partial charge in [-0.1, -0.05) is 44.0 Å². The lowest BCUT2D eigenvalue weighted by Gasteiger charge is -2.05. The highest BCUT2D eigenvalue weighted by Gasteiger charge is 1.99. The van der Waals surface area contributed by atoms with E-state index in [9.17, 15) is 0 Å². The summed E-state index contributed by atoms with van der Waals surface area (Å²) in [5, 5.41) is 2.56. The molecular weight excluding hydrogens is 208 g/mol. The highest BCUT2D eigenvalue weighted by molar-refractivity contribution is 5.84. The van der Waals surface area contributed by atoms with Crippen LogP contribution in [0, 0.1) is 0 Å². The lowest BCUT2D eigenvalue weighted by atomic mass is 10.0. The van der Waals surface area contributed by atoms with E-state index in [-0.39, 0.29) is 0 Å². The molecule has 0 radical (unpaired) electrons. The molecule has 0 aromatic heterocycles. The second-order valence-electron chi connectivity index (χ2n) is 4.50. The summed E-state index contributed by atoms with van der Waals surface area (Å²) >= 11 is 0. The van der Waals surface area contributed by atoms with Crippen molar-refractivity contribution in [2.45, 2.75) is 32.6 Å². The van der Waals surface area contributed by atoms with Gasteiger partial charge < -0.3 is 4.74 Å². The molecule has 2 aromatic rings. The smallest absolute Gasteiger partial charge is 0.119 e. The molecule has 0 unspecified atom stereocenters. The highest BCUT2D eigenvalue weighted by Crippen LogP contribution is 2.22. The van der Waals surface area contributed by atoms with Crippen molar-refractivity contribution in [3.05, 3.63) is 42.0 Å². The summed E-state index contributed by atoms with van der Waals surface area (Å²) in [6.07, 6.45) is 5.08. The molecule has 0 N–H and O–H groups in total. The van der Waals surface area contributed by atoms with Gasteiger partial charge in [-0.2, -0.15) is 0 Å². The maximum atomic E-state index is 5.23. The van der Waals surface area contributed by atoms with Gasteiger partial charge in [0.05, 0.1) is 7.11 Å². The van der Waals surface area contributed by atoms with Gasteiger partial charge in [-0.15, -0.1) is 0 Å². The molecule has 0 fully saturated rings. The van der Waals surface area contributed by atoms with Crippen molar-refractivity contribution in [1.29, 1.82) is 0 Å². The van der Waals surface area contributed by atoms with Gasteiger partial charge in [0.25, 0.3) is 0 Å². The van der Waals surface area contributed by atoms with E-state index in [4.69, 9.17) is 4.74 Å². The molecule has 0 aliphatic carbocycles. The number of hydrogen-bond acceptors (Lipinski definition) is 1. The van der Waals surface area contributed by atoms with Crippen LogP contribution in [-0.4, -0.2) is 7.11 Å². The summed E-state index contributed by atoms with van der Waals surface area (Å²) in [5.41, 5.74) is 1.44. The lowest BCUT2D eigenvalue weighted by molar-refractivity contribution is 0.415. The van der Waals surface area contributed by atoms with Gasteiger partial charge in [0, 0.05) is 0 Å². The van der Waals surface area contributed by atoms with Gasteiger partial charge in [0.2, 0.25) is 0 Å². The summed E-state index contributed by atoms with van der Waals surface area (Å²) in [7, 11) is 1.71. The highest BCUT2D eigenvalue weighted by atomic mass is 16.5. The second-order valence-corrected chi connectivity index (χ2v) is 4.50. The normalized spacial score (nSPS) is 10.7.